The first-order chi connectivity index (χ1) is 23.1. The van der Waals surface area contributed by atoms with Gasteiger partial charge in [-0.3, -0.25) is 0 Å². The predicted molar refractivity (Wildman–Crippen MR) is 154 cm³/mol. The quantitative estimate of drug-likeness (QED) is 0.228. The van der Waals surface area contributed by atoms with E-state index < -0.39 is 95.7 Å². The molecule has 0 bridgehead atoms. The zero-order chi connectivity index (χ0) is 35.0. The van der Waals surface area contributed by atoms with Crippen molar-refractivity contribution in [3.63, 3.8) is 0 Å². The van der Waals surface area contributed by atoms with Gasteiger partial charge in [-0.1, -0.05) is 0 Å². The third-order valence-corrected chi connectivity index (χ3v) is 7.59. The zero-order valence-corrected chi connectivity index (χ0v) is 23.4. The van der Waals surface area contributed by atoms with Crippen LogP contribution in [0, 0.1) is 125 Å². The second-order valence-corrected chi connectivity index (χ2v) is 9.68. The summed E-state index contributed by atoms with van der Waals surface area (Å²) in [6.45, 7) is 0. The van der Waals surface area contributed by atoms with Gasteiger partial charge >= 0.3 is 0 Å². The molecule has 0 aromatic heterocycles. The Kier molecular flexibility index (Phi) is 7.59. The Labute approximate surface area is 267 Å². The van der Waals surface area contributed by atoms with Gasteiger partial charge in [0.25, 0.3) is 0 Å². The Morgan fingerprint density at radius 3 is 1.31 bits per heavy atom. The van der Waals surface area contributed by atoms with Gasteiger partial charge in [0.1, 0.15) is 65.8 Å². The minimum atomic E-state index is -1.63. The molecule has 0 saturated carbocycles. The summed E-state index contributed by atoms with van der Waals surface area (Å²) in [6.07, 6.45) is 0. The number of fused-ring (bicyclic) bond motifs is 2. The van der Waals surface area contributed by atoms with E-state index in [4.69, 9.17) is 10.5 Å². The van der Waals surface area contributed by atoms with Crippen molar-refractivity contribution in [1.82, 2.24) is 0 Å². The van der Waals surface area contributed by atoms with E-state index in [1.165, 1.54) is 12.1 Å². The fourth-order valence-corrected chi connectivity index (χ4v) is 5.69. The van der Waals surface area contributed by atoms with Gasteiger partial charge in [-0.05, 0) is 35.9 Å². The van der Waals surface area contributed by atoms with Crippen molar-refractivity contribution in [1.29, 1.82) is 47.4 Å². The molecule has 0 atom stereocenters. The minimum absolute atomic E-state index is 0.269. The summed E-state index contributed by atoms with van der Waals surface area (Å²) in [6, 6.07) is 19.4. The van der Waals surface area contributed by atoms with Crippen LogP contribution >= 0.6 is 0 Å². The normalized spacial score (nSPS) is 12.1. The smallest absolute Gasteiger partial charge is 0.177 e. The highest BCUT2D eigenvalue weighted by molar-refractivity contribution is 6.31. The standard InChI is InChI=1S/C35H5F4N9/c36-32-15(6-40)1-3-19(34(32)38)29-23(12-46)21-5-22-26(17(8-42)9-43)30(20-4-2-16(7-41)33(37)35(20)39)24(13-47)28(22)25(14-48)31(21)27(29)18(10-44)11-45/h1-5H. The second kappa shape index (κ2) is 11.7. The summed E-state index contributed by atoms with van der Waals surface area (Å²) in [4.78, 5) is 0. The lowest BCUT2D eigenvalue weighted by Crippen LogP contribution is -2.02. The van der Waals surface area contributed by atoms with Gasteiger partial charge in [0.05, 0.1) is 27.8 Å². The molecule has 0 N–H and O–H groups in total. The van der Waals surface area contributed by atoms with Crippen LogP contribution in [0.2, 0.25) is 0 Å². The van der Waals surface area contributed by atoms with Crippen molar-refractivity contribution >= 4 is 33.4 Å². The number of allylic oxidation sites excluding steroid dienone is 8. The maximum absolute atomic E-state index is 15.5. The largest absolute Gasteiger partial charge is 0.203 e. The number of rotatable bonds is 2. The van der Waals surface area contributed by atoms with E-state index in [1.54, 1.807) is 36.4 Å². The Morgan fingerprint density at radius 1 is 0.438 bits per heavy atom. The number of nitriles is 9. The molecule has 0 unspecified atom stereocenters. The molecule has 48 heavy (non-hydrogen) atoms. The van der Waals surface area contributed by atoms with Gasteiger partial charge in [0.2, 0.25) is 0 Å². The van der Waals surface area contributed by atoms with E-state index >= 15 is 8.78 Å². The minimum Gasteiger partial charge on any atom is -0.203 e. The van der Waals surface area contributed by atoms with Gasteiger partial charge in [-0.15, -0.1) is 0 Å². The first-order valence-corrected chi connectivity index (χ1v) is 12.9. The molecule has 0 saturated heterocycles. The summed E-state index contributed by atoms with van der Waals surface area (Å²) in [5, 5.41) is 89.0. The number of halogens is 4. The molecule has 0 aliphatic heterocycles. The fourth-order valence-electron chi connectivity index (χ4n) is 5.69. The van der Waals surface area contributed by atoms with E-state index in [9.17, 15) is 45.6 Å². The van der Waals surface area contributed by atoms with Gasteiger partial charge in [0, 0.05) is 50.1 Å². The number of benzene rings is 3. The molecule has 13 heteroatoms. The van der Waals surface area contributed by atoms with Crippen LogP contribution in [0.25, 0.3) is 33.4 Å². The van der Waals surface area contributed by atoms with Gasteiger partial charge in [-0.25, -0.2) is 17.6 Å². The third-order valence-electron chi connectivity index (χ3n) is 7.59. The third kappa shape index (κ3) is 4.08. The average Bonchev–Trinajstić information content (AvgIpc) is 3.59. The molecule has 0 fully saturated rings. The van der Waals surface area contributed by atoms with Crippen molar-refractivity contribution in [3.8, 4) is 54.6 Å². The van der Waals surface area contributed by atoms with Crippen LogP contribution in [0.1, 0.15) is 50.1 Å². The van der Waals surface area contributed by atoms with E-state index in [-0.39, 0.29) is 22.3 Å². The lowest BCUT2D eigenvalue weighted by atomic mass is 9.86. The molecule has 0 radical (unpaired) electrons. The van der Waals surface area contributed by atoms with Crippen molar-refractivity contribution in [2.24, 2.45) is 0 Å². The maximum Gasteiger partial charge on any atom is 0.177 e. The number of hydrogen-bond donors (Lipinski definition) is 0. The second-order valence-electron chi connectivity index (χ2n) is 9.68. The summed E-state index contributed by atoms with van der Waals surface area (Å²) >= 11 is 0. The Hall–Kier alpha value is -8.25. The molecule has 3 aromatic carbocycles. The molecule has 2 aliphatic rings. The van der Waals surface area contributed by atoms with Gasteiger partial charge in [0.15, 0.2) is 23.3 Å². The highest BCUT2D eigenvalue weighted by Crippen LogP contribution is 2.56. The van der Waals surface area contributed by atoms with Crippen LogP contribution in [0.15, 0.2) is 41.5 Å². The molecular weight excluding hydrogens is 622 g/mol. The molecule has 5 rings (SSSR count). The summed E-state index contributed by atoms with van der Waals surface area (Å²) in [7, 11) is 0. The first kappa shape index (κ1) is 31.2. The highest BCUT2D eigenvalue weighted by atomic mass is 19.2. The molecule has 0 spiro atoms. The van der Waals surface area contributed by atoms with Crippen LogP contribution in [-0.2, 0) is 0 Å². The molecule has 218 valence electrons. The molecule has 0 heterocycles. The molecule has 3 aromatic rings. The molecule has 9 nitrogen and oxygen atoms in total. The Balaban J connectivity index is 2.04. The lowest BCUT2D eigenvalue weighted by molar-refractivity contribution is 0.504. The average molecular weight is 627 g/mol. The lowest BCUT2D eigenvalue weighted by Gasteiger charge is -2.14. The fraction of sp³-hybridized carbons (Fsp3) is 0. The first-order valence-electron chi connectivity index (χ1n) is 12.9. The predicted octanol–water partition coefficient (Wildman–Crippen LogP) is 6.36. The summed E-state index contributed by atoms with van der Waals surface area (Å²) in [5.74, 6) is -6.47. The molecule has 0 amide bonds. The van der Waals surface area contributed by atoms with E-state index in [1.807, 2.05) is 6.07 Å². The van der Waals surface area contributed by atoms with Crippen molar-refractivity contribution in [2.45, 2.75) is 0 Å². The summed E-state index contributed by atoms with van der Waals surface area (Å²) in [5.41, 5.74) is -9.15. The van der Waals surface area contributed by atoms with Crippen LogP contribution in [0.4, 0.5) is 17.6 Å². The van der Waals surface area contributed by atoms with Gasteiger partial charge < -0.3 is 0 Å². The highest BCUT2D eigenvalue weighted by Gasteiger charge is 2.42. The van der Waals surface area contributed by atoms with Crippen LogP contribution in [0.5, 0.6) is 0 Å². The van der Waals surface area contributed by atoms with Gasteiger partial charge in [-0.2, -0.15) is 47.4 Å². The maximum atomic E-state index is 15.5. The van der Waals surface area contributed by atoms with Crippen molar-refractivity contribution in [2.75, 3.05) is 0 Å². The topological polar surface area (TPSA) is 214 Å². The summed E-state index contributed by atoms with van der Waals surface area (Å²) < 4.78 is 60.7. The van der Waals surface area contributed by atoms with Crippen LogP contribution < -0.4 is 0 Å². The van der Waals surface area contributed by atoms with E-state index in [0.717, 1.165) is 30.3 Å². The van der Waals surface area contributed by atoms with Crippen LogP contribution in [0.3, 0.4) is 0 Å². The van der Waals surface area contributed by atoms with Crippen molar-refractivity contribution in [3.05, 3.63) is 115 Å². The number of nitrogens with zero attached hydrogens (tertiary/aromatic N) is 9. The Morgan fingerprint density at radius 2 is 0.896 bits per heavy atom. The monoisotopic (exact) mass is 627 g/mol. The molecule has 2 aliphatic carbocycles. The van der Waals surface area contributed by atoms with Crippen molar-refractivity contribution < 1.29 is 17.6 Å². The number of hydrogen-bond acceptors (Lipinski definition) is 9. The van der Waals surface area contributed by atoms with E-state index in [0.29, 0.717) is 0 Å². The van der Waals surface area contributed by atoms with Crippen LogP contribution in [-0.4, -0.2) is 0 Å². The van der Waals surface area contributed by atoms with E-state index in [2.05, 4.69) is 0 Å². The molecular formula is C35H5F4N9. The Bertz CT molecular complexity index is 2610. The SMILES string of the molecule is N#CC(C#N)=C1C(c2ccc(C#N)c(F)c2F)=C(C#N)c2c1cc1c(c2C#N)C(=C(C#N)C#N)C(c2ccc(C#N)c(F)c2F)=C1C#N. The zero-order valence-electron chi connectivity index (χ0n) is 23.4.